The number of hydrogen-bond donors (Lipinski definition) is 1. The molecule has 0 bridgehead atoms. The first-order chi connectivity index (χ1) is 10.7. The lowest BCUT2D eigenvalue weighted by Gasteiger charge is -2.15. The molecule has 0 aliphatic rings. The highest BCUT2D eigenvalue weighted by Gasteiger charge is 2.09. The smallest absolute Gasteiger partial charge is 0.282 e. The van der Waals surface area contributed by atoms with Crippen LogP contribution in [0.25, 0.3) is 10.9 Å². The number of nitrogens with zero attached hydrogens (tertiary/aromatic N) is 2. The first-order valence-electron chi connectivity index (χ1n) is 7.13. The number of allylic oxidation sites excluding steroid dienone is 1. The second-order valence-corrected chi connectivity index (χ2v) is 5.15. The van der Waals surface area contributed by atoms with Crippen LogP contribution in [0.15, 0.2) is 66.0 Å². The Bertz CT molecular complexity index is 879. The quantitative estimate of drug-likeness (QED) is 0.747. The van der Waals surface area contributed by atoms with Gasteiger partial charge in [-0.05, 0) is 31.2 Å². The molecule has 0 fully saturated rings. The lowest BCUT2D eigenvalue weighted by atomic mass is 10.2. The molecule has 0 aliphatic heterocycles. The van der Waals surface area contributed by atoms with Crippen LogP contribution in [0, 0.1) is 6.92 Å². The van der Waals surface area contributed by atoms with Gasteiger partial charge in [-0.2, -0.15) is 4.98 Å². The molecule has 4 nitrogen and oxygen atoms in total. The van der Waals surface area contributed by atoms with E-state index in [2.05, 4.69) is 16.9 Å². The summed E-state index contributed by atoms with van der Waals surface area (Å²) in [6.45, 7) is 6.40. The molecule has 0 radical (unpaired) electrons. The average molecular weight is 291 g/mol. The lowest BCUT2D eigenvalue weighted by molar-refractivity contribution is 0.834. The van der Waals surface area contributed by atoms with Crippen LogP contribution in [0.4, 0.5) is 11.6 Å². The van der Waals surface area contributed by atoms with Crippen LogP contribution >= 0.6 is 0 Å². The van der Waals surface area contributed by atoms with E-state index in [4.69, 9.17) is 0 Å². The fraction of sp³-hybridized carbons (Fsp3) is 0.111. The molecule has 1 N–H and O–H groups in total. The summed E-state index contributed by atoms with van der Waals surface area (Å²) in [5.41, 5.74) is 2.69. The minimum atomic E-state index is -0.231. The monoisotopic (exact) mass is 291 g/mol. The van der Waals surface area contributed by atoms with Gasteiger partial charge in [0.1, 0.15) is 0 Å². The summed E-state index contributed by atoms with van der Waals surface area (Å²) in [4.78, 5) is 16.4. The molecular formula is C18H17N3O. The molecule has 0 aliphatic carbocycles. The van der Waals surface area contributed by atoms with Gasteiger partial charge in [-0.3, -0.25) is 4.79 Å². The number of benzene rings is 2. The lowest BCUT2D eigenvalue weighted by Crippen LogP contribution is -2.17. The number of aromatic nitrogens is 2. The van der Waals surface area contributed by atoms with E-state index in [1.54, 1.807) is 12.1 Å². The Morgan fingerprint density at radius 2 is 1.91 bits per heavy atom. The van der Waals surface area contributed by atoms with Crippen molar-refractivity contribution in [3.63, 3.8) is 0 Å². The number of para-hydroxylation sites is 1. The van der Waals surface area contributed by atoms with Gasteiger partial charge in [0, 0.05) is 12.2 Å². The Kier molecular flexibility index (Phi) is 3.74. The van der Waals surface area contributed by atoms with E-state index in [0.717, 1.165) is 11.2 Å². The molecule has 0 saturated heterocycles. The molecule has 0 unspecified atom stereocenters. The van der Waals surface area contributed by atoms with E-state index in [-0.39, 0.29) is 5.56 Å². The van der Waals surface area contributed by atoms with Crippen LogP contribution in [0.1, 0.15) is 5.56 Å². The van der Waals surface area contributed by atoms with Crippen LogP contribution in [0.2, 0.25) is 0 Å². The summed E-state index contributed by atoms with van der Waals surface area (Å²) < 4.78 is 1.95. The van der Waals surface area contributed by atoms with Crippen molar-refractivity contribution < 1.29 is 0 Å². The Morgan fingerprint density at radius 3 is 2.64 bits per heavy atom. The third-order valence-electron chi connectivity index (χ3n) is 3.51. The Labute approximate surface area is 128 Å². The van der Waals surface area contributed by atoms with E-state index in [1.165, 1.54) is 5.56 Å². The topological polar surface area (TPSA) is 46.9 Å². The van der Waals surface area contributed by atoms with Crippen molar-refractivity contribution >= 4 is 22.5 Å². The molecule has 110 valence electrons. The molecule has 0 saturated carbocycles. The molecule has 0 amide bonds. The van der Waals surface area contributed by atoms with E-state index < -0.39 is 0 Å². The minimum absolute atomic E-state index is 0.231. The zero-order valence-electron chi connectivity index (χ0n) is 12.4. The van der Waals surface area contributed by atoms with Crippen LogP contribution in [0.5, 0.6) is 0 Å². The highest BCUT2D eigenvalue weighted by atomic mass is 16.1. The second-order valence-electron chi connectivity index (χ2n) is 5.15. The summed E-state index contributed by atoms with van der Waals surface area (Å²) in [5, 5.41) is 3.83. The molecule has 2 aromatic carbocycles. The summed E-state index contributed by atoms with van der Waals surface area (Å²) >= 11 is 0. The van der Waals surface area contributed by atoms with Crippen molar-refractivity contribution in [3.8, 4) is 0 Å². The molecule has 22 heavy (non-hydrogen) atoms. The Balaban J connectivity index is 2.15. The third-order valence-corrected chi connectivity index (χ3v) is 3.51. The van der Waals surface area contributed by atoms with Gasteiger partial charge in [-0.15, -0.1) is 6.58 Å². The standard InChI is InChI=1S/C18H17N3O/c1-3-12-21-16-7-5-4-6-15(16)17(22)20-18(21)19-14-10-8-13(2)9-11-14/h3-11H,1,12H2,2H3,(H,19,20,22). The molecule has 4 heteroatoms. The molecule has 1 heterocycles. The van der Waals surface area contributed by atoms with Gasteiger partial charge in [0.2, 0.25) is 5.95 Å². The van der Waals surface area contributed by atoms with E-state index in [1.807, 2.05) is 54.0 Å². The highest BCUT2D eigenvalue weighted by Crippen LogP contribution is 2.19. The number of anilines is 2. The van der Waals surface area contributed by atoms with Gasteiger partial charge < -0.3 is 9.88 Å². The molecular weight excluding hydrogens is 274 g/mol. The average Bonchev–Trinajstić information content (AvgIpc) is 2.53. The van der Waals surface area contributed by atoms with E-state index in [0.29, 0.717) is 17.9 Å². The highest BCUT2D eigenvalue weighted by molar-refractivity contribution is 5.80. The number of rotatable bonds is 4. The maximum atomic E-state index is 12.2. The number of aryl methyl sites for hydroxylation is 1. The fourth-order valence-corrected chi connectivity index (χ4v) is 2.40. The molecule has 3 aromatic rings. The summed E-state index contributed by atoms with van der Waals surface area (Å²) in [7, 11) is 0. The van der Waals surface area contributed by atoms with Crippen LogP contribution in [-0.4, -0.2) is 9.55 Å². The van der Waals surface area contributed by atoms with Crippen molar-refractivity contribution in [2.45, 2.75) is 13.5 Å². The number of hydrogen-bond acceptors (Lipinski definition) is 3. The van der Waals surface area contributed by atoms with E-state index in [9.17, 15) is 4.79 Å². The summed E-state index contributed by atoms with van der Waals surface area (Å²) in [6, 6.07) is 15.4. The predicted octanol–water partition coefficient (Wildman–Crippen LogP) is 3.63. The maximum Gasteiger partial charge on any atom is 0.282 e. The fourth-order valence-electron chi connectivity index (χ4n) is 2.40. The van der Waals surface area contributed by atoms with Crippen molar-refractivity contribution in [1.82, 2.24) is 9.55 Å². The predicted molar refractivity (Wildman–Crippen MR) is 90.7 cm³/mol. The number of nitrogens with one attached hydrogen (secondary N) is 1. The molecule has 0 spiro atoms. The van der Waals surface area contributed by atoms with Crippen molar-refractivity contribution in [2.24, 2.45) is 0 Å². The minimum Gasteiger partial charge on any atom is -0.325 e. The number of fused-ring (bicyclic) bond motifs is 1. The first-order valence-corrected chi connectivity index (χ1v) is 7.13. The Hall–Kier alpha value is -2.88. The van der Waals surface area contributed by atoms with E-state index >= 15 is 0 Å². The summed E-state index contributed by atoms with van der Waals surface area (Å²) in [6.07, 6.45) is 1.79. The molecule has 3 rings (SSSR count). The maximum absolute atomic E-state index is 12.2. The van der Waals surface area contributed by atoms with Crippen molar-refractivity contribution in [3.05, 3.63) is 77.1 Å². The van der Waals surface area contributed by atoms with Crippen molar-refractivity contribution in [1.29, 1.82) is 0 Å². The van der Waals surface area contributed by atoms with Crippen LogP contribution < -0.4 is 10.9 Å². The van der Waals surface area contributed by atoms with Gasteiger partial charge >= 0.3 is 0 Å². The molecule has 1 aromatic heterocycles. The van der Waals surface area contributed by atoms with Crippen LogP contribution in [0.3, 0.4) is 0 Å². The molecule has 0 atom stereocenters. The summed E-state index contributed by atoms with van der Waals surface area (Å²) in [5.74, 6) is 0.521. The largest absolute Gasteiger partial charge is 0.325 e. The van der Waals surface area contributed by atoms with Gasteiger partial charge in [-0.1, -0.05) is 35.9 Å². The first kappa shape index (κ1) is 14.1. The van der Waals surface area contributed by atoms with Gasteiger partial charge in [0.15, 0.2) is 0 Å². The van der Waals surface area contributed by atoms with Gasteiger partial charge in [-0.25, -0.2) is 0 Å². The Morgan fingerprint density at radius 1 is 1.18 bits per heavy atom. The van der Waals surface area contributed by atoms with Gasteiger partial charge in [0.25, 0.3) is 5.56 Å². The third kappa shape index (κ3) is 2.63. The van der Waals surface area contributed by atoms with Crippen LogP contribution in [-0.2, 0) is 6.54 Å². The SMILES string of the molecule is C=CCn1c(Nc2ccc(C)cc2)nc(=O)c2ccccc21. The van der Waals surface area contributed by atoms with Crippen molar-refractivity contribution in [2.75, 3.05) is 5.32 Å². The zero-order valence-corrected chi connectivity index (χ0v) is 12.4. The second kappa shape index (κ2) is 5.85. The zero-order chi connectivity index (χ0) is 15.5. The van der Waals surface area contributed by atoms with Gasteiger partial charge in [0.05, 0.1) is 10.9 Å². The normalized spacial score (nSPS) is 10.6.